The summed E-state index contributed by atoms with van der Waals surface area (Å²) >= 11 is 5.08. The lowest BCUT2D eigenvalue weighted by Gasteiger charge is -2.39. The van der Waals surface area contributed by atoms with Crippen LogP contribution < -0.4 is 5.32 Å². The smallest absolute Gasteiger partial charge is 0.246 e. The molecule has 0 bridgehead atoms. The van der Waals surface area contributed by atoms with Crippen molar-refractivity contribution in [3.8, 4) is 0 Å². The van der Waals surface area contributed by atoms with Crippen LogP contribution in [-0.2, 0) is 16.1 Å². The average Bonchev–Trinajstić information content (AvgIpc) is 2.79. The second-order valence-electron chi connectivity index (χ2n) is 5.31. The lowest BCUT2D eigenvalue weighted by molar-refractivity contribution is -0.151. The SMILES string of the molecule is CCC1C(=O)NC(C(C)C)C(=O)N1Cc1sccc1Br. The highest BCUT2D eigenvalue weighted by atomic mass is 79.9. The first kappa shape index (κ1) is 15.5. The summed E-state index contributed by atoms with van der Waals surface area (Å²) in [6.45, 7) is 6.33. The van der Waals surface area contributed by atoms with Crippen LogP contribution in [-0.4, -0.2) is 28.8 Å². The maximum atomic E-state index is 12.6. The summed E-state index contributed by atoms with van der Waals surface area (Å²) in [4.78, 5) is 27.6. The van der Waals surface area contributed by atoms with Gasteiger partial charge < -0.3 is 10.2 Å². The Kier molecular flexibility index (Phi) is 4.86. The fourth-order valence-electron chi connectivity index (χ4n) is 2.42. The van der Waals surface area contributed by atoms with E-state index in [-0.39, 0.29) is 23.8 Å². The molecule has 20 heavy (non-hydrogen) atoms. The molecule has 1 aromatic rings. The number of hydrogen-bond acceptors (Lipinski definition) is 3. The molecule has 0 aromatic carbocycles. The molecule has 1 fully saturated rings. The summed E-state index contributed by atoms with van der Waals surface area (Å²) in [5.41, 5.74) is 0. The summed E-state index contributed by atoms with van der Waals surface area (Å²) in [5.74, 6) is 0.0729. The molecule has 1 aliphatic rings. The predicted octanol–water partition coefficient (Wildman–Crippen LogP) is 2.77. The topological polar surface area (TPSA) is 49.4 Å². The zero-order chi connectivity index (χ0) is 14.9. The minimum Gasteiger partial charge on any atom is -0.342 e. The molecule has 2 amide bonds. The van der Waals surface area contributed by atoms with Crippen molar-refractivity contribution in [2.24, 2.45) is 5.92 Å². The predicted molar refractivity (Wildman–Crippen MR) is 83.4 cm³/mol. The third-order valence-electron chi connectivity index (χ3n) is 3.58. The second kappa shape index (κ2) is 6.26. The molecule has 0 radical (unpaired) electrons. The number of carbonyl (C=O) groups is 2. The van der Waals surface area contributed by atoms with E-state index in [0.717, 1.165) is 9.35 Å². The lowest BCUT2D eigenvalue weighted by atomic mass is 9.97. The van der Waals surface area contributed by atoms with Gasteiger partial charge in [-0.15, -0.1) is 11.3 Å². The molecule has 1 N–H and O–H groups in total. The molecule has 0 saturated carbocycles. The Morgan fingerprint density at radius 1 is 1.45 bits per heavy atom. The second-order valence-corrected chi connectivity index (χ2v) is 7.17. The van der Waals surface area contributed by atoms with Gasteiger partial charge in [-0.25, -0.2) is 0 Å². The molecule has 110 valence electrons. The maximum absolute atomic E-state index is 12.6. The minimum atomic E-state index is -0.413. The van der Waals surface area contributed by atoms with E-state index in [0.29, 0.717) is 13.0 Å². The highest BCUT2D eigenvalue weighted by Gasteiger charge is 2.40. The van der Waals surface area contributed by atoms with E-state index in [2.05, 4.69) is 21.2 Å². The van der Waals surface area contributed by atoms with E-state index < -0.39 is 6.04 Å². The Morgan fingerprint density at radius 2 is 2.15 bits per heavy atom. The van der Waals surface area contributed by atoms with E-state index >= 15 is 0 Å². The molecular weight excluding hydrogens is 340 g/mol. The first-order valence-corrected chi connectivity index (χ1v) is 8.45. The first-order chi connectivity index (χ1) is 9.45. The number of halogens is 1. The minimum absolute atomic E-state index is 0.0201. The monoisotopic (exact) mass is 358 g/mol. The zero-order valence-electron chi connectivity index (χ0n) is 11.9. The lowest BCUT2D eigenvalue weighted by Crippen LogP contribution is -2.64. The van der Waals surface area contributed by atoms with Gasteiger partial charge in [0.2, 0.25) is 11.8 Å². The summed E-state index contributed by atoms with van der Waals surface area (Å²) in [7, 11) is 0. The Hall–Kier alpha value is -0.880. The van der Waals surface area contributed by atoms with Gasteiger partial charge in [-0.2, -0.15) is 0 Å². The van der Waals surface area contributed by atoms with Crippen molar-refractivity contribution in [1.82, 2.24) is 10.2 Å². The highest BCUT2D eigenvalue weighted by molar-refractivity contribution is 9.10. The quantitative estimate of drug-likeness (QED) is 0.899. The fourth-order valence-corrected chi connectivity index (χ4v) is 3.90. The van der Waals surface area contributed by atoms with Crippen LogP contribution in [0.25, 0.3) is 0 Å². The van der Waals surface area contributed by atoms with Crippen LogP contribution in [0.1, 0.15) is 32.1 Å². The number of piperazine rings is 1. The van der Waals surface area contributed by atoms with Crippen molar-refractivity contribution in [2.45, 2.75) is 45.8 Å². The molecule has 1 saturated heterocycles. The Labute approximate surface area is 131 Å². The highest BCUT2D eigenvalue weighted by Crippen LogP contribution is 2.27. The number of rotatable bonds is 4. The number of hydrogen-bond donors (Lipinski definition) is 1. The van der Waals surface area contributed by atoms with Gasteiger partial charge in [0.1, 0.15) is 12.1 Å². The van der Waals surface area contributed by atoms with Crippen LogP contribution in [0.3, 0.4) is 0 Å². The molecule has 6 heteroatoms. The largest absolute Gasteiger partial charge is 0.342 e. The van der Waals surface area contributed by atoms with Gasteiger partial charge in [-0.1, -0.05) is 20.8 Å². The molecule has 1 aliphatic heterocycles. The van der Waals surface area contributed by atoms with Crippen LogP contribution >= 0.6 is 27.3 Å². The van der Waals surface area contributed by atoms with Crippen LogP contribution in [0.4, 0.5) is 0 Å². The number of thiophene rings is 1. The van der Waals surface area contributed by atoms with Crippen molar-refractivity contribution in [3.63, 3.8) is 0 Å². The van der Waals surface area contributed by atoms with Crippen molar-refractivity contribution in [2.75, 3.05) is 0 Å². The number of amides is 2. The standard InChI is InChI=1S/C14H19BrN2O2S/c1-4-10-13(18)16-12(8(2)3)14(19)17(10)7-11-9(15)5-6-20-11/h5-6,8,10,12H,4,7H2,1-3H3,(H,16,18). The van der Waals surface area contributed by atoms with Crippen molar-refractivity contribution >= 4 is 39.1 Å². The maximum Gasteiger partial charge on any atom is 0.246 e. The first-order valence-electron chi connectivity index (χ1n) is 6.78. The third kappa shape index (κ3) is 2.91. The Balaban J connectivity index is 2.27. The van der Waals surface area contributed by atoms with Crippen molar-refractivity contribution in [3.05, 3.63) is 20.8 Å². The van der Waals surface area contributed by atoms with Gasteiger partial charge in [0, 0.05) is 9.35 Å². The van der Waals surface area contributed by atoms with Gasteiger partial charge in [-0.05, 0) is 39.7 Å². The summed E-state index contributed by atoms with van der Waals surface area (Å²) in [6.07, 6.45) is 0.630. The summed E-state index contributed by atoms with van der Waals surface area (Å²) in [5, 5.41) is 4.83. The van der Waals surface area contributed by atoms with Gasteiger partial charge in [-0.3, -0.25) is 9.59 Å². The van der Waals surface area contributed by atoms with Gasteiger partial charge in [0.15, 0.2) is 0 Å². The van der Waals surface area contributed by atoms with Gasteiger partial charge in [0.25, 0.3) is 0 Å². The summed E-state index contributed by atoms with van der Waals surface area (Å²) < 4.78 is 0.997. The van der Waals surface area contributed by atoms with E-state index in [1.807, 2.05) is 32.2 Å². The Morgan fingerprint density at radius 3 is 2.65 bits per heavy atom. The van der Waals surface area contributed by atoms with Crippen molar-refractivity contribution < 1.29 is 9.59 Å². The molecule has 2 atom stereocenters. The molecule has 0 spiro atoms. The molecule has 4 nitrogen and oxygen atoms in total. The molecule has 2 heterocycles. The van der Waals surface area contributed by atoms with Crippen LogP contribution in [0.2, 0.25) is 0 Å². The van der Waals surface area contributed by atoms with E-state index in [1.54, 1.807) is 16.2 Å². The van der Waals surface area contributed by atoms with E-state index in [9.17, 15) is 9.59 Å². The third-order valence-corrected chi connectivity index (χ3v) is 5.50. The van der Waals surface area contributed by atoms with Gasteiger partial charge >= 0.3 is 0 Å². The number of carbonyl (C=O) groups excluding carboxylic acids is 2. The number of nitrogens with one attached hydrogen (secondary N) is 1. The molecule has 1 aromatic heterocycles. The molecule has 0 aliphatic carbocycles. The molecular formula is C14H19BrN2O2S. The summed E-state index contributed by atoms with van der Waals surface area (Å²) in [6, 6.07) is 1.19. The molecule has 2 rings (SSSR count). The average molecular weight is 359 g/mol. The van der Waals surface area contributed by atoms with Crippen LogP contribution in [0.5, 0.6) is 0 Å². The van der Waals surface area contributed by atoms with E-state index in [4.69, 9.17) is 0 Å². The van der Waals surface area contributed by atoms with Crippen LogP contribution in [0.15, 0.2) is 15.9 Å². The Bertz CT molecular complexity index is 515. The van der Waals surface area contributed by atoms with E-state index in [1.165, 1.54) is 0 Å². The normalized spacial score (nSPS) is 23.4. The van der Waals surface area contributed by atoms with Crippen LogP contribution in [0, 0.1) is 5.92 Å². The zero-order valence-corrected chi connectivity index (χ0v) is 14.3. The fraction of sp³-hybridized carbons (Fsp3) is 0.571. The van der Waals surface area contributed by atoms with Crippen molar-refractivity contribution in [1.29, 1.82) is 0 Å². The number of nitrogens with zero attached hydrogens (tertiary/aromatic N) is 1. The molecule has 2 unspecified atom stereocenters. The van der Waals surface area contributed by atoms with Gasteiger partial charge in [0.05, 0.1) is 6.54 Å².